The van der Waals surface area contributed by atoms with Crippen LogP contribution in [0.15, 0.2) is 0 Å². The maximum Gasteiger partial charge on any atom is 0.0217 e. The molecule has 0 amide bonds. The van der Waals surface area contributed by atoms with Crippen LogP contribution in [0.2, 0.25) is 0 Å². The molecular weight excluding hydrogens is 208 g/mol. The molecule has 2 nitrogen and oxygen atoms in total. The first-order valence-electron chi connectivity index (χ1n) is 7.23. The Morgan fingerprint density at radius 3 is 2.47 bits per heavy atom. The van der Waals surface area contributed by atoms with Crippen molar-refractivity contribution in [3.05, 3.63) is 0 Å². The molecule has 0 aromatic heterocycles. The molecule has 96 valence electrons. The summed E-state index contributed by atoms with van der Waals surface area (Å²) in [6, 6.07) is 2.41. The number of fused-ring (bicyclic) bond motifs is 2. The highest BCUT2D eigenvalue weighted by Gasteiger charge is 2.35. The van der Waals surface area contributed by atoms with Crippen molar-refractivity contribution in [3.63, 3.8) is 0 Å². The molecule has 0 aliphatic carbocycles. The van der Waals surface area contributed by atoms with Crippen molar-refractivity contribution in [2.24, 2.45) is 0 Å². The SMILES string of the molecule is CC#CCCN(CCC)C1CC2CCC(C1)N2. The van der Waals surface area contributed by atoms with Crippen LogP contribution in [0.5, 0.6) is 0 Å². The molecule has 2 heteroatoms. The summed E-state index contributed by atoms with van der Waals surface area (Å²) >= 11 is 0. The van der Waals surface area contributed by atoms with Crippen molar-refractivity contribution in [2.45, 2.75) is 70.5 Å². The summed E-state index contributed by atoms with van der Waals surface area (Å²) in [4.78, 5) is 2.69. The van der Waals surface area contributed by atoms with Crippen LogP contribution >= 0.6 is 0 Å². The lowest BCUT2D eigenvalue weighted by atomic mass is 9.97. The van der Waals surface area contributed by atoms with E-state index in [0.717, 1.165) is 24.5 Å². The fourth-order valence-electron chi connectivity index (χ4n) is 3.41. The Kier molecular flexibility index (Phi) is 4.88. The number of piperidine rings is 1. The van der Waals surface area contributed by atoms with Gasteiger partial charge in [0.25, 0.3) is 0 Å². The van der Waals surface area contributed by atoms with Crippen molar-refractivity contribution < 1.29 is 0 Å². The van der Waals surface area contributed by atoms with E-state index in [-0.39, 0.29) is 0 Å². The molecule has 0 aromatic rings. The third-order valence-electron chi connectivity index (χ3n) is 4.18. The molecule has 2 rings (SSSR count). The van der Waals surface area contributed by atoms with Gasteiger partial charge in [-0.3, -0.25) is 4.90 Å². The van der Waals surface area contributed by atoms with Gasteiger partial charge in [0.2, 0.25) is 0 Å². The summed E-state index contributed by atoms with van der Waals surface area (Å²) in [5.41, 5.74) is 0. The van der Waals surface area contributed by atoms with E-state index >= 15 is 0 Å². The Labute approximate surface area is 106 Å². The molecule has 2 aliphatic rings. The number of rotatable bonds is 5. The summed E-state index contributed by atoms with van der Waals surface area (Å²) in [6.45, 7) is 6.64. The minimum absolute atomic E-state index is 0.801. The fourth-order valence-corrected chi connectivity index (χ4v) is 3.41. The minimum Gasteiger partial charge on any atom is -0.311 e. The van der Waals surface area contributed by atoms with Crippen molar-refractivity contribution in [1.82, 2.24) is 10.2 Å². The Morgan fingerprint density at radius 1 is 1.18 bits per heavy atom. The molecule has 2 unspecified atom stereocenters. The molecule has 0 spiro atoms. The lowest BCUT2D eigenvalue weighted by Crippen LogP contribution is -2.48. The molecule has 0 aromatic carbocycles. The predicted molar refractivity (Wildman–Crippen MR) is 72.9 cm³/mol. The highest BCUT2D eigenvalue weighted by molar-refractivity contribution is 4.98. The highest BCUT2D eigenvalue weighted by Crippen LogP contribution is 2.29. The van der Waals surface area contributed by atoms with Gasteiger partial charge in [-0.25, -0.2) is 0 Å². The molecule has 0 saturated carbocycles. The Hall–Kier alpha value is -0.520. The van der Waals surface area contributed by atoms with E-state index in [0.29, 0.717) is 0 Å². The first kappa shape index (κ1) is 12.9. The van der Waals surface area contributed by atoms with E-state index in [4.69, 9.17) is 0 Å². The van der Waals surface area contributed by atoms with Gasteiger partial charge in [0.15, 0.2) is 0 Å². The number of nitrogens with one attached hydrogen (secondary N) is 1. The fraction of sp³-hybridized carbons (Fsp3) is 0.867. The van der Waals surface area contributed by atoms with Gasteiger partial charge >= 0.3 is 0 Å². The van der Waals surface area contributed by atoms with Gasteiger partial charge in [-0.2, -0.15) is 0 Å². The van der Waals surface area contributed by atoms with Crippen LogP contribution in [0.3, 0.4) is 0 Å². The van der Waals surface area contributed by atoms with Gasteiger partial charge in [0.05, 0.1) is 0 Å². The van der Waals surface area contributed by atoms with E-state index in [1.807, 2.05) is 6.92 Å². The normalized spacial score (nSPS) is 31.4. The lowest BCUT2D eigenvalue weighted by Gasteiger charge is -2.37. The van der Waals surface area contributed by atoms with E-state index in [9.17, 15) is 0 Å². The minimum atomic E-state index is 0.801. The molecule has 2 bridgehead atoms. The topological polar surface area (TPSA) is 15.3 Å². The molecule has 17 heavy (non-hydrogen) atoms. The van der Waals surface area contributed by atoms with Gasteiger partial charge in [-0.15, -0.1) is 11.8 Å². The van der Waals surface area contributed by atoms with Gasteiger partial charge in [-0.05, 0) is 45.6 Å². The zero-order chi connectivity index (χ0) is 12.1. The number of nitrogens with zero attached hydrogens (tertiary/aromatic N) is 1. The van der Waals surface area contributed by atoms with Crippen LogP contribution in [0.4, 0.5) is 0 Å². The third kappa shape index (κ3) is 3.47. The smallest absolute Gasteiger partial charge is 0.0217 e. The Bertz CT molecular complexity index is 277. The van der Waals surface area contributed by atoms with Crippen LogP contribution in [-0.4, -0.2) is 36.1 Å². The lowest BCUT2D eigenvalue weighted by molar-refractivity contribution is 0.144. The molecule has 2 saturated heterocycles. The second-order valence-electron chi connectivity index (χ2n) is 5.48. The number of hydrogen-bond acceptors (Lipinski definition) is 2. The number of hydrogen-bond donors (Lipinski definition) is 1. The standard InChI is InChI=1S/C15H26N2/c1-3-5-6-10-17(9-4-2)15-11-13-7-8-14(12-15)16-13/h13-16H,4,6-12H2,1-2H3. The van der Waals surface area contributed by atoms with Gasteiger partial charge < -0.3 is 5.32 Å². The largest absolute Gasteiger partial charge is 0.311 e. The van der Waals surface area contributed by atoms with Crippen molar-refractivity contribution >= 4 is 0 Å². The monoisotopic (exact) mass is 234 g/mol. The van der Waals surface area contributed by atoms with Crippen LogP contribution in [-0.2, 0) is 0 Å². The van der Waals surface area contributed by atoms with E-state index in [1.54, 1.807) is 0 Å². The summed E-state index contributed by atoms with van der Waals surface area (Å²) in [5, 5.41) is 3.73. The summed E-state index contributed by atoms with van der Waals surface area (Å²) in [7, 11) is 0. The van der Waals surface area contributed by atoms with E-state index < -0.39 is 0 Å². The van der Waals surface area contributed by atoms with E-state index in [2.05, 4.69) is 29.0 Å². The Morgan fingerprint density at radius 2 is 1.88 bits per heavy atom. The first-order valence-corrected chi connectivity index (χ1v) is 7.23. The third-order valence-corrected chi connectivity index (χ3v) is 4.18. The zero-order valence-corrected chi connectivity index (χ0v) is 11.3. The second-order valence-corrected chi connectivity index (χ2v) is 5.48. The van der Waals surface area contributed by atoms with Gasteiger partial charge in [0, 0.05) is 31.1 Å². The average Bonchev–Trinajstić information content (AvgIpc) is 2.67. The van der Waals surface area contributed by atoms with Crippen molar-refractivity contribution in [3.8, 4) is 11.8 Å². The average molecular weight is 234 g/mol. The maximum absolute atomic E-state index is 3.73. The van der Waals surface area contributed by atoms with Crippen molar-refractivity contribution in [1.29, 1.82) is 0 Å². The predicted octanol–water partition coefficient (Wildman–Crippen LogP) is 2.39. The highest BCUT2D eigenvalue weighted by atomic mass is 15.2. The summed E-state index contributed by atoms with van der Waals surface area (Å²) in [5.74, 6) is 6.22. The van der Waals surface area contributed by atoms with Gasteiger partial charge in [0.1, 0.15) is 0 Å². The first-order chi connectivity index (χ1) is 8.33. The van der Waals surface area contributed by atoms with E-state index in [1.165, 1.54) is 45.2 Å². The summed E-state index contributed by atoms with van der Waals surface area (Å²) < 4.78 is 0. The zero-order valence-electron chi connectivity index (χ0n) is 11.3. The molecule has 2 heterocycles. The summed E-state index contributed by atoms with van der Waals surface area (Å²) in [6.07, 6.45) is 7.81. The van der Waals surface area contributed by atoms with Crippen LogP contribution in [0.25, 0.3) is 0 Å². The molecule has 0 radical (unpaired) electrons. The van der Waals surface area contributed by atoms with Crippen LogP contribution in [0.1, 0.15) is 52.4 Å². The maximum atomic E-state index is 3.73. The van der Waals surface area contributed by atoms with Crippen LogP contribution in [0, 0.1) is 11.8 Å². The molecule has 2 aliphatic heterocycles. The molecule has 2 fully saturated rings. The molecular formula is C15H26N2. The molecule has 1 N–H and O–H groups in total. The van der Waals surface area contributed by atoms with Crippen molar-refractivity contribution in [2.75, 3.05) is 13.1 Å². The quantitative estimate of drug-likeness (QED) is 0.735. The van der Waals surface area contributed by atoms with Gasteiger partial charge in [-0.1, -0.05) is 6.92 Å². The second kappa shape index (κ2) is 6.42. The Balaban J connectivity index is 1.87. The molecule has 2 atom stereocenters. The van der Waals surface area contributed by atoms with Crippen LogP contribution < -0.4 is 5.32 Å².